The number of H-pyrrole nitrogens is 1. The van der Waals surface area contributed by atoms with E-state index < -0.39 is 29.0 Å². The van der Waals surface area contributed by atoms with Gasteiger partial charge in [0.05, 0.1) is 17.8 Å². The molecule has 1 atom stereocenters. The lowest BCUT2D eigenvalue weighted by Crippen LogP contribution is -2.35. The van der Waals surface area contributed by atoms with Crippen LogP contribution in [0, 0.1) is 0 Å². The maximum absolute atomic E-state index is 12.7. The van der Waals surface area contributed by atoms with Crippen LogP contribution in [0.5, 0.6) is 0 Å². The SMILES string of the molecule is Cn1ncc2c1CCC[C@H]2NC(=O)Nc1cc(C(F)(F)F)c[nH]c1=O. The first kappa shape index (κ1) is 17.1. The predicted octanol–water partition coefficient (Wildman–Crippen LogP) is 2.33. The number of aryl methyl sites for hydroxylation is 1. The van der Waals surface area contributed by atoms with Crippen molar-refractivity contribution in [3.63, 3.8) is 0 Å². The zero-order chi connectivity index (χ0) is 18.2. The molecule has 0 fully saturated rings. The van der Waals surface area contributed by atoms with Crippen LogP contribution in [-0.4, -0.2) is 20.8 Å². The van der Waals surface area contributed by atoms with Crippen LogP contribution in [0.15, 0.2) is 23.3 Å². The van der Waals surface area contributed by atoms with E-state index in [4.69, 9.17) is 0 Å². The van der Waals surface area contributed by atoms with Gasteiger partial charge in [-0.3, -0.25) is 9.48 Å². The second-order valence-electron chi connectivity index (χ2n) is 5.84. The van der Waals surface area contributed by atoms with Crippen molar-refractivity contribution < 1.29 is 18.0 Å². The summed E-state index contributed by atoms with van der Waals surface area (Å²) in [5, 5.41) is 9.03. The highest BCUT2D eigenvalue weighted by molar-refractivity contribution is 5.89. The molecule has 3 rings (SSSR count). The number of carbonyl (C=O) groups excluding carboxylic acids is 1. The van der Waals surface area contributed by atoms with Gasteiger partial charge in [-0.15, -0.1) is 0 Å². The number of aromatic nitrogens is 3. The van der Waals surface area contributed by atoms with Crippen LogP contribution in [0.4, 0.5) is 23.7 Å². The van der Waals surface area contributed by atoms with E-state index in [1.807, 2.05) is 12.0 Å². The van der Waals surface area contributed by atoms with E-state index in [1.54, 1.807) is 10.9 Å². The topological polar surface area (TPSA) is 91.8 Å². The maximum Gasteiger partial charge on any atom is 0.417 e. The van der Waals surface area contributed by atoms with Crippen LogP contribution in [0.2, 0.25) is 0 Å². The van der Waals surface area contributed by atoms with Gasteiger partial charge >= 0.3 is 12.2 Å². The number of hydrogen-bond acceptors (Lipinski definition) is 3. The van der Waals surface area contributed by atoms with E-state index in [1.165, 1.54) is 0 Å². The minimum atomic E-state index is -4.62. The normalized spacial score (nSPS) is 17.0. The fourth-order valence-corrected chi connectivity index (χ4v) is 2.91. The van der Waals surface area contributed by atoms with Gasteiger partial charge in [0, 0.05) is 24.5 Å². The number of hydrogen-bond donors (Lipinski definition) is 3. The molecule has 1 aliphatic carbocycles. The molecule has 3 N–H and O–H groups in total. The molecule has 2 aromatic heterocycles. The summed E-state index contributed by atoms with van der Waals surface area (Å²) in [7, 11) is 1.81. The fourth-order valence-electron chi connectivity index (χ4n) is 2.91. The average Bonchev–Trinajstić information content (AvgIpc) is 2.91. The van der Waals surface area contributed by atoms with Gasteiger partial charge in [0.1, 0.15) is 5.69 Å². The lowest BCUT2D eigenvalue weighted by Gasteiger charge is -2.23. The van der Waals surface area contributed by atoms with E-state index in [9.17, 15) is 22.8 Å². The van der Waals surface area contributed by atoms with Gasteiger partial charge in [-0.1, -0.05) is 0 Å². The first-order valence-electron chi connectivity index (χ1n) is 7.64. The molecule has 7 nitrogen and oxygen atoms in total. The molecule has 0 aromatic carbocycles. The number of fused-ring (bicyclic) bond motifs is 1. The number of anilines is 1. The summed E-state index contributed by atoms with van der Waals surface area (Å²) in [5.74, 6) is 0. The first-order valence-corrected chi connectivity index (χ1v) is 7.64. The molecule has 0 bridgehead atoms. The molecular weight excluding hydrogens is 339 g/mol. The zero-order valence-corrected chi connectivity index (χ0v) is 13.3. The number of nitrogens with one attached hydrogen (secondary N) is 3. The van der Waals surface area contributed by atoms with E-state index in [0.29, 0.717) is 18.7 Å². The highest BCUT2D eigenvalue weighted by Crippen LogP contribution is 2.30. The summed E-state index contributed by atoms with van der Waals surface area (Å²) in [6.45, 7) is 0. The summed E-state index contributed by atoms with van der Waals surface area (Å²) in [6.07, 6.45) is -0.0122. The molecular formula is C15H16F3N5O2. The van der Waals surface area contributed by atoms with Crippen LogP contribution in [0.25, 0.3) is 0 Å². The summed E-state index contributed by atoms with van der Waals surface area (Å²) < 4.78 is 39.9. The largest absolute Gasteiger partial charge is 0.417 e. The van der Waals surface area contributed by atoms with Gasteiger partial charge in [-0.2, -0.15) is 18.3 Å². The van der Waals surface area contributed by atoms with E-state index in [2.05, 4.69) is 15.7 Å². The van der Waals surface area contributed by atoms with Crippen LogP contribution in [-0.2, 0) is 19.6 Å². The third-order valence-corrected chi connectivity index (χ3v) is 4.16. The molecule has 2 heterocycles. The van der Waals surface area contributed by atoms with Crippen molar-refractivity contribution in [1.29, 1.82) is 0 Å². The Balaban J connectivity index is 1.75. The Kier molecular flexibility index (Phi) is 4.27. The summed E-state index contributed by atoms with van der Waals surface area (Å²) in [5.41, 5.74) is -0.437. The number of aromatic amines is 1. The Morgan fingerprint density at radius 3 is 2.92 bits per heavy atom. The number of nitrogens with zero attached hydrogens (tertiary/aromatic N) is 2. The van der Waals surface area contributed by atoms with Gasteiger partial charge in [0.25, 0.3) is 5.56 Å². The van der Waals surface area contributed by atoms with Crippen molar-refractivity contribution in [2.24, 2.45) is 7.05 Å². The molecule has 10 heteroatoms. The molecule has 1 aliphatic rings. The average molecular weight is 355 g/mol. The van der Waals surface area contributed by atoms with Crippen LogP contribution >= 0.6 is 0 Å². The van der Waals surface area contributed by atoms with Gasteiger partial charge in [-0.25, -0.2) is 4.79 Å². The highest BCUT2D eigenvalue weighted by Gasteiger charge is 2.32. The molecule has 0 saturated carbocycles. The van der Waals surface area contributed by atoms with Crippen molar-refractivity contribution in [1.82, 2.24) is 20.1 Å². The standard InChI is InChI=1S/C15H16F3N5O2/c1-23-12-4-2-3-10(9(12)7-20-23)21-14(25)22-11-5-8(15(16,17)18)6-19-13(11)24/h5-7,10H,2-4H2,1H3,(H,19,24)(H2,21,22,25)/t10-/m1/s1. The number of amides is 2. The molecule has 25 heavy (non-hydrogen) atoms. The molecule has 2 amide bonds. The lowest BCUT2D eigenvalue weighted by atomic mass is 9.93. The molecule has 0 spiro atoms. The number of carbonyl (C=O) groups is 1. The van der Waals surface area contributed by atoms with Gasteiger partial charge in [0.15, 0.2) is 0 Å². The molecule has 0 radical (unpaired) electrons. The Hall–Kier alpha value is -2.78. The summed E-state index contributed by atoms with van der Waals surface area (Å²) in [6, 6.07) is -0.441. The molecule has 134 valence electrons. The maximum atomic E-state index is 12.7. The minimum absolute atomic E-state index is 0.303. The Morgan fingerprint density at radius 2 is 2.20 bits per heavy atom. The molecule has 2 aromatic rings. The Labute approximate surface area is 140 Å². The Morgan fingerprint density at radius 1 is 1.44 bits per heavy atom. The van der Waals surface area contributed by atoms with E-state index in [-0.39, 0.29) is 6.04 Å². The number of alkyl halides is 3. The van der Waals surface area contributed by atoms with E-state index >= 15 is 0 Å². The quantitative estimate of drug-likeness (QED) is 0.772. The number of rotatable bonds is 2. The van der Waals surface area contributed by atoms with E-state index in [0.717, 1.165) is 24.1 Å². The smallest absolute Gasteiger partial charge is 0.331 e. The van der Waals surface area contributed by atoms with Crippen LogP contribution < -0.4 is 16.2 Å². The first-order chi connectivity index (χ1) is 11.8. The number of urea groups is 1. The Bertz CT molecular complexity index is 856. The van der Waals surface area contributed by atoms with Crippen molar-refractivity contribution in [3.05, 3.63) is 45.6 Å². The van der Waals surface area contributed by atoms with Crippen molar-refractivity contribution in [2.45, 2.75) is 31.5 Å². The second-order valence-corrected chi connectivity index (χ2v) is 5.84. The van der Waals surface area contributed by atoms with Crippen molar-refractivity contribution >= 4 is 11.7 Å². The third kappa shape index (κ3) is 3.52. The lowest BCUT2D eigenvalue weighted by molar-refractivity contribution is -0.137. The zero-order valence-electron chi connectivity index (χ0n) is 13.3. The van der Waals surface area contributed by atoms with Crippen molar-refractivity contribution in [3.8, 4) is 0 Å². The second kappa shape index (κ2) is 6.26. The number of halogens is 3. The molecule has 0 unspecified atom stereocenters. The summed E-state index contributed by atoms with van der Waals surface area (Å²) in [4.78, 5) is 25.7. The van der Waals surface area contributed by atoms with Crippen LogP contribution in [0.3, 0.4) is 0 Å². The van der Waals surface area contributed by atoms with Gasteiger partial charge < -0.3 is 15.6 Å². The van der Waals surface area contributed by atoms with Gasteiger partial charge in [-0.05, 0) is 25.3 Å². The van der Waals surface area contributed by atoms with Crippen LogP contribution in [0.1, 0.15) is 35.7 Å². The number of pyridine rings is 1. The highest BCUT2D eigenvalue weighted by atomic mass is 19.4. The fraction of sp³-hybridized carbons (Fsp3) is 0.400. The van der Waals surface area contributed by atoms with Crippen molar-refractivity contribution in [2.75, 3.05) is 5.32 Å². The third-order valence-electron chi connectivity index (χ3n) is 4.16. The predicted molar refractivity (Wildman–Crippen MR) is 83.1 cm³/mol. The minimum Gasteiger partial charge on any atom is -0.331 e. The van der Waals surface area contributed by atoms with Gasteiger partial charge in [0.2, 0.25) is 0 Å². The monoisotopic (exact) mass is 355 g/mol. The summed E-state index contributed by atoms with van der Waals surface area (Å²) >= 11 is 0. The molecule has 0 aliphatic heterocycles. The molecule has 0 saturated heterocycles.